The Morgan fingerprint density at radius 2 is 1.86 bits per heavy atom. The van der Waals surface area contributed by atoms with Crippen molar-refractivity contribution in [2.45, 2.75) is 24.9 Å². The number of rotatable bonds is 6. The third kappa shape index (κ3) is 3.62. The summed E-state index contributed by atoms with van der Waals surface area (Å²) in [6.45, 7) is 0.963. The molecule has 2 atom stereocenters. The molecule has 0 bridgehead atoms. The first-order chi connectivity index (χ1) is 10.4. The molecule has 0 heterocycles. The molecule has 0 aliphatic heterocycles. The summed E-state index contributed by atoms with van der Waals surface area (Å²) in [4.78, 5) is 0. The number of hydrogen-bond acceptors (Lipinski definition) is 3. The van der Waals surface area contributed by atoms with Crippen LogP contribution in [0, 0.1) is 11.3 Å². The second-order valence-electron chi connectivity index (χ2n) is 5.33. The van der Waals surface area contributed by atoms with Gasteiger partial charge in [0.05, 0.1) is 0 Å². The number of hydrogen-bond donors (Lipinski definition) is 1. The van der Waals surface area contributed by atoms with Crippen LogP contribution in [0.25, 0.3) is 0 Å². The third-order valence-electron chi connectivity index (χ3n) is 3.81. The second-order valence-corrected chi connectivity index (χ2v) is 5.33. The van der Waals surface area contributed by atoms with Crippen LogP contribution in [0.2, 0.25) is 0 Å². The molecule has 3 rings (SSSR count). The van der Waals surface area contributed by atoms with Crippen LogP contribution in [0.1, 0.15) is 23.5 Å². The molecular weight excluding hydrogens is 260 g/mol. The Balaban J connectivity index is 1.47. The fourth-order valence-corrected chi connectivity index (χ4v) is 2.56. The van der Waals surface area contributed by atoms with Gasteiger partial charge in [0.15, 0.2) is 6.61 Å². The van der Waals surface area contributed by atoms with Crippen molar-refractivity contribution in [2.24, 2.45) is 0 Å². The maximum absolute atomic E-state index is 8.47. The average Bonchev–Trinajstić information content (AvgIpc) is 3.32. The fourth-order valence-electron chi connectivity index (χ4n) is 2.56. The Kier molecular flexibility index (Phi) is 4.18. The van der Waals surface area contributed by atoms with Gasteiger partial charge < -0.3 is 10.1 Å². The zero-order valence-electron chi connectivity index (χ0n) is 11.8. The van der Waals surface area contributed by atoms with Gasteiger partial charge in [0.2, 0.25) is 0 Å². The summed E-state index contributed by atoms with van der Waals surface area (Å²) in [5.41, 5.74) is 2.66. The van der Waals surface area contributed by atoms with Gasteiger partial charge in [-0.3, -0.25) is 0 Å². The van der Waals surface area contributed by atoms with Crippen molar-refractivity contribution in [3.05, 3.63) is 65.7 Å². The molecule has 3 nitrogen and oxygen atoms in total. The van der Waals surface area contributed by atoms with Gasteiger partial charge in [-0.05, 0) is 29.7 Å². The molecule has 0 saturated heterocycles. The van der Waals surface area contributed by atoms with Crippen molar-refractivity contribution in [1.82, 2.24) is 5.32 Å². The molecule has 0 amide bonds. The molecule has 1 fully saturated rings. The van der Waals surface area contributed by atoms with Gasteiger partial charge in [0, 0.05) is 18.5 Å². The van der Waals surface area contributed by atoms with Crippen molar-refractivity contribution in [3.8, 4) is 11.8 Å². The van der Waals surface area contributed by atoms with Gasteiger partial charge in [-0.15, -0.1) is 0 Å². The van der Waals surface area contributed by atoms with E-state index in [2.05, 4.69) is 35.6 Å². The Hall–Kier alpha value is -2.31. The van der Waals surface area contributed by atoms with E-state index in [4.69, 9.17) is 10.00 Å². The zero-order chi connectivity index (χ0) is 14.5. The number of nitrogens with one attached hydrogen (secondary N) is 1. The second kappa shape index (κ2) is 6.43. The van der Waals surface area contributed by atoms with Crippen molar-refractivity contribution in [1.29, 1.82) is 5.26 Å². The first kappa shape index (κ1) is 13.7. The molecule has 2 unspecified atom stereocenters. The summed E-state index contributed by atoms with van der Waals surface area (Å²) in [6, 6.07) is 21.1. The van der Waals surface area contributed by atoms with Crippen LogP contribution in [0.5, 0.6) is 5.75 Å². The lowest BCUT2D eigenvalue weighted by Gasteiger charge is -2.06. The van der Waals surface area contributed by atoms with Crippen LogP contribution < -0.4 is 10.1 Å². The minimum absolute atomic E-state index is 0.0957. The molecule has 1 saturated carbocycles. The lowest BCUT2D eigenvalue weighted by molar-refractivity contribution is 0.368. The Bertz CT molecular complexity index is 616. The lowest BCUT2D eigenvalue weighted by Crippen LogP contribution is -2.17. The van der Waals surface area contributed by atoms with Crippen LogP contribution in [0.15, 0.2) is 54.6 Å². The van der Waals surface area contributed by atoms with Crippen molar-refractivity contribution in [2.75, 3.05) is 6.61 Å². The summed E-state index contributed by atoms with van der Waals surface area (Å²) in [5, 5.41) is 12.1. The quantitative estimate of drug-likeness (QED) is 0.882. The van der Waals surface area contributed by atoms with E-state index in [0.29, 0.717) is 12.0 Å². The normalized spacial score (nSPS) is 19.8. The van der Waals surface area contributed by atoms with Crippen molar-refractivity contribution >= 4 is 0 Å². The van der Waals surface area contributed by atoms with Gasteiger partial charge in [-0.25, -0.2) is 0 Å². The predicted molar refractivity (Wildman–Crippen MR) is 82.0 cm³/mol. The van der Waals surface area contributed by atoms with Crippen molar-refractivity contribution in [3.63, 3.8) is 0 Å². The van der Waals surface area contributed by atoms with Crippen LogP contribution in [-0.4, -0.2) is 12.6 Å². The largest absolute Gasteiger partial charge is 0.479 e. The SMILES string of the molecule is N#CCOc1ccc(CNC2CC2c2ccccc2)cc1. The molecule has 1 aliphatic carbocycles. The molecule has 106 valence electrons. The Morgan fingerprint density at radius 3 is 2.57 bits per heavy atom. The molecule has 0 aromatic heterocycles. The molecule has 2 aromatic rings. The summed E-state index contributed by atoms with van der Waals surface area (Å²) >= 11 is 0. The molecule has 3 heteroatoms. The summed E-state index contributed by atoms with van der Waals surface area (Å²) in [7, 11) is 0. The van der Waals surface area contributed by atoms with E-state index in [-0.39, 0.29) is 6.61 Å². The molecule has 2 aromatic carbocycles. The van der Waals surface area contributed by atoms with E-state index in [9.17, 15) is 0 Å². The van der Waals surface area contributed by atoms with Crippen molar-refractivity contribution < 1.29 is 4.74 Å². The van der Waals surface area contributed by atoms with E-state index in [0.717, 1.165) is 12.3 Å². The molecule has 0 radical (unpaired) electrons. The molecule has 1 aliphatic rings. The first-order valence-corrected chi connectivity index (χ1v) is 7.24. The number of nitrogens with zero attached hydrogens (tertiary/aromatic N) is 1. The standard InChI is InChI=1S/C18H18N2O/c19-10-11-21-16-8-6-14(7-9-16)13-20-18-12-17(18)15-4-2-1-3-5-15/h1-9,17-18,20H,11-13H2. The van der Waals surface area contributed by atoms with E-state index in [1.165, 1.54) is 17.5 Å². The van der Waals surface area contributed by atoms with E-state index < -0.39 is 0 Å². The highest BCUT2D eigenvalue weighted by atomic mass is 16.5. The van der Waals surface area contributed by atoms with Crippen LogP contribution in [-0.2, 0) is 6.54 Å². The topological polar surface area (TPSA) is 45.0 Å². The Labute approximate surface area is 125 Å². The van der Waals surface area contributed by atoms with Gasteiger partial charge in [0.25, 0.3) is 0 Å². The summed E-state index contributed by atoms with van der Waals surface area (Å²) in [6.07, 6.45) is 1.22. The third-order valence-corrected chi connectivity index (χ3v) is 3.81. The molecule has 21 heavy (non-hydrogen) atoms. The number of nitriles is 1. The molecular formula is C18H18N2O. The maximum Gasteiger partial charge on any atom is 0.174 e. The highest BCUT2D eigenvalue weighted by Gasteiger charge is 2.37. The van der Waals surface area contributed by atoms with E-state index >= 15 is 0 Å². The van der Waals surface area contributed by atoms with Crippen LogP contribution in [0.3, 0.4) is 0 Å². The minimum Gasteiger partial charge on any atom is -0.479 e. The minimum atomic E-state index is 0.0957. The summed E-state index contributed by atoms with van der Waals surface area (Å²) in [5.74, 6) is 1.40. The van der Waals surface area contributed by atoms with Gasteiger partial charge in [0.1, 0.15) is 11.8 Å². The highest BCUT2D eigenvalue weighted by Crippen LogP contribution is 2.40. The zero-order valence-corrected chi connectivity index (χ0v) is 11.8. The maximum atomic E-state index is 8.47. The smallest absolute Gasteiger partial charge is 0.174 e. The highest BCUT2D eigenvalue weighted by molar-refractivity contribution is 5.29. The van der Waals surface area contributed by atoms with E-state index in [1.807, 2.05) is 30.3 Å². The van der Waals surface area contributed by atoms with Gasteiger partial charge >= 0.3 is 0 Å². The lowest BCUT2D eigenvalue weighted by atomic mass is 10.1. The number of benzene rings is 2. The summed E-state index contributed by atoms with van der Waals surface area (Å²) < 4.78 is 5.24. The average molecular weight is 278 g/mol. The van der Waals surface area contributed by atoms with E-state index in [1.54, 1.807) is 0 Å². The van der Waals surface area contributed by atoms with Gasteiger partial charge in [-0.2, -0.15) is 5.26 Å². The number of ether oxygens (including phenoxy) is 1. The molecule has 1 N–H and O–H groups in total. The molecule has 0 spiro atoms. The van der Waals surface area contributed by atoms with Gasteiger partial charge in [-0.1, -0.05) is 42.5 Å². The fraction of sp³-hybridized carbons (Fsp3) is 0.278. The van der Waals surface area contributed by atoms with Crippen LogP contribution in [0.4, 0.5) is 0 Å². The first-order valence-electron chi connectivity index (χ1n) is 7.24. The van der Waals surface area contributed by atoms with Crippen LogP contribution >= 0.6 is 0 Å². The Morgan fingerprint density at radius 1 is 1.10 bits per heavy atom. The predicted octanol–water partition coefficient (Wildman–Crippen LogP) is 3.23. The monoisotopic (exact) mass is 278 g/mol.